The second-order valence-corrected chi connectivity index (χ2v) is 10.2. The number of morpholine rings is 1. The molecule has 42 heavy (non-hydrogen) atoms. The maximum Gasteiger partial charge on any atom is 0.293 e. The number of nitrogens with two attached hydrogens (primary N) is 1. The Morgan fingerprint density at radius 1 is 1.17 bits per heavy atom. The number of hydrogen-bond acceptors (Lipinski definition) is 12. The number of ether oxygens (including phenoxy) is 3. The maximum absolute atomic E-state index is 13.1. The summed E-state index contributed by atoms with van der Waals surface area (Å²) in [6, 6.07) is 8.37. The summed E-state index contributed by atoms with van der Waals surface area (Å²) in [4.78, 5) is 15.2. The highest BCUT2D eigenvalue weighted by molar-refractivity contribution is 6.40. The van der Waals surface area contributed by atoms with E-state index in [1.54, 1.807) is 25.3 Å². The number of rotatable bonds is 10. The molecule has 2 aromatic heterocycles. The number of carbonyl (C=O) groups excluding carboxylic acids is 1. The number of benzene rings is 2. The van der Waals surface area contributed by atoms with Crippen molar-refractivity contribution in [2.45, 2.75) is 13.2 Å². The molecule has 5 rings (SSSR count). The minimum absolute atomic E-state index is 0.00741. The average molecular weight is 637 g/mol. The molecule has 1 aliphatic heterocycles. The number of halogens is 3. The van der Waals surface area contributed by atoms with Crippen LogP contribution in [0.15, 0.2) is 40.1 Å². The van der Waals surface area contributed by atoms with Crippen molar-refractivity contribution in [3.05, 3.63) is 67.9 Å². The lowest BCUT2D eigenvalue weighted by Gasteiger charge is -2.26. The largest absolute Gasteiger partial charge is 0.496 e. The van der Waals surface area contributed by atoms with E-state index >= 15 is 0 Å². The number of nitrogens with one attached hydrogen (secondary N) is 1. The topological polar surface area (TPSA) is 168 Å². The minimum Gasteiger partial charge on any atom is -0.496 e. The van der Waals surface area contributed by atoms with Crippen molar-refractivity contribution in [2.75, 3.05) is 39.1 Å². The van der Waals surface area contributed by atoms with Gasteiger partial charge in [0, 0.05) is 30.2 Å². The van der Waals surface area contributed by atoms with Crippen molar-refractivity contribution >= 4 is 52.7 Å². The third-order valence-corrected chi connectivity index (χ3v) is 6.95. The number of hydrogen-bond donors (Lipinski definition) is 2. The normalized spacial score (nSPS) is 13.9. The summed E-state index contributed by atoms with van der Waals surface area (Å²) in [6.07, 6.45) is 1.47. The lowest BCUT2D eigenvalue weighted by atomic mass is 10.1. The zero-order valence-corrected chi connectivity index (χ0v) is 24.4. The monoisotopic (exact) mass is 635 g/mol. The van der Waals surface area contributed by atoms with E-state index in [0.717, 1.165) is 0 Å². The van der Waals surface area contributed by atoms with Crippen LogP contribution < -0.4 is 20.6 Å². The smallest absolute Gasteiger partial charge is 0.293 e. The average Bonchev–Trinajstić information content (AvgIpc) is 3.58. The summed E-state index contributed by atoms with van der Waals surface area (Å²) < 4.78 is 22.8. The highest BCUT2D eigenvalue weighted by atomic mass is 35.5. The molecular formula is C25H24Cl3N9O5. The number of aromatic nitrogens is 5. The van der Waals surface area contributed by atoms with Gasteiger partial charge in [0.1, 0.15) is 12.4 Å². The summed E-state index contributed by atoms with van der Waals surface area (Å²) in [5, 5.41) is 20.5. The van der Waals surface area contributed by atoms with Crippen LogP contribution in [-0.2, 0) is 17.9 Å². The molecule has 0 aliphatic carbocycles. The van der Waals surface area contributed by atoms with Crippen LogP contribution in [-0.4, -0.2) is 75.7 Å². The summed E-state index contributed by atoms with van der Waals surface area (Å²) in [7, 11) is 1.54. The number of hydrazone groups is 1. The first-order chi connectivity index (χ1) is 20.3. The molecule has 0 unspecified atom stereocenters. The Labute approximate surface area is 254 Å². The molecule has 4 aromatic rings. The highest BCUT2D eigenvalue weighted by Gasteiger charge is 2.26. The van der Waals surface area contributed by atoms with Crippen LogP contribution >= 0.6 is 34.8 Å². The highest BCUT2D eigenvalue weighted by Crippen LogP contribution is 2.36. The lowest BCUT2D eigenvalue weighted by molar-refractivity contribution is 0.0332. The van der Waals surface area contributed by atoms with Crippen LogP contribution in [0.1, 0.15) is 27.3 Å². The third-order valence-electron chi connectivity index (χ3n) is 6.17. The maximum atomic E-state index is 13.1. The predicted molar refractivity (Wildman–Crippen MR) is 154 cm³/mol. The molecule has 1 aliphatic rings. The second kappa shape index (κ2) is 13.4. The van der Waals surface area contributed by atoms with E-state index in [-0.39, 0.29) is 34.0 Å². The van der Waals surface area contributed by atoms with Gasteiger partial charge in [-0.3, -0.25) is 9.69 Å². The van der Waals surface area contributed by atoms with Crippen molar-refractivity contribution in [2.24, 2.45) is 5.10 Å². The van der Waals surface area contributed by atoms with Crippen LogP contribution in [0.5, 0.6) is 11.5 Å². The molecule has 0 radical (unpaired) electrons. The predicted octanol–water partition coefficient (Wildman–Crippen LogP) is 3.38. The number of amides is 1. The van der Waals surface area contributed by atoms with Gasteiger partial charge in [0.15, 0.2) is 11.4 Å². The number of nitrogen functional groups attached to an aromatic ring is 1. The molecule has 0 bridgehead atoms. The number of nitrogens with zero attached hydrogens (tertiary/aromatic N) is 7. The Hall–Kier alpha value is -3.95. The second-order valence-electron chi connectivity index (χ2n) is 8.92. The third kappa shape index (κ3) is 6.74. The Morgan fingerprint density at radius 2 is 1.93 bits per heavy atom. The zero-order chi connectivity index (χ0) is 29.6. The van der Waals surface area contributed by atoms with Crippen molar-refractivity contribution in [3.63, 3.8) is 0 Å². The molecule has 1 saturated heterocycles. The molecule has 3 N–H and O–H groups in total. The standard InChI is InChI=1S/C25H24Cl3N9O5/c1-39-20-3-2-14(8-15(20)13-41-22-17(27)9-16(26)10-18(22)28)11-30-32-25(38)21-19(12-36-4-6-40-7-5-36)37(35-31-21)24-23(29)33-42-34-24/h2-3,8-11H,4-7,12-13H2,1H3,(H2,29,33)(H,32,38)/b30-11+. The van der Waals surface area contributed by atoms with Crippen molar-refractivity contribution in [1.29, 1.82) is 0 Å². The number of carbonyl (C=O) groups is 1. The fraction of sp³-hybridized carbons (Fsp3) is 0.280. The summed E-state index contributed by atoms with van der Waals surface area (Å²) >= 11 is 18.5. The lowest BCUT2D eigenvalue weighted by Crippen LogP contribution is -2.37. The van der Waals surface area contributed by atoms with Crippen LogP contribution in [0, 0.1) is 0 Å². The van der Waals surface area contributed by atoms with Gasteiger partial charge in [0.25, 0.3) is 5.91 Å². The van der Waals surface area contributed by atoms with Crippen molar-refractivity contribution in [3.8, 4) is 17.3 Å². The first kappa shape index (κ1) is 29.5. The van der Waals surface area contributed by atoms with E-state index in [2.05, 4.69) is 36.1 Å². The quantitative estimate of drug-likeness (QED) is 0.193. The molecule has 220 valence electrons. The van der Waals surface area contributed by atoms with E-state index in [1.807, 2.05) is 0 Å². The molecule has 0 atom stereocenters. The van der Waals surface area contributed by atoms with Gasteiger partial charge in [-0.05, 0) is 46.2 Å². The summed E-state index contributed by atoms with van der Waals surface area (Å²) in [5.41, 5.74) is 10.2. The minimum atomic E-state index is -0.583. The first-order valence-corrected chi connectivity index (χ1v) is 13.6. The Bertz CT molecular complexity index is 1580. The van der Waals surface area contributed by atoms with Crippen molar-refractivity contribution in [1.82, 2.24) is 35.6 Å². The van der Waals surface area contributed by atoms with E-state index < -0.39 is 5.91 Å². The molecule has 0 spiro atoms. The molecular weight excluding hydrogens is 613 g/mol. The Balaban J connectivity index is 1.31. The molecule has 0 saturated carbocycles. The number of methoxy groups -OCH3 is 1. The van der Waals surface area contributed by atoms with E-state index in [0.29, 0.717) is 66.2 Å². The SMILES string of the molecule is COc1ccc(/C=N/NC(=O)c2nnn(-c3nonc3N)c2CN2CCOCC2)cc1COc1c(Cl)cc(Cl)cc1Cl. The van der Waals surface area contributed by atoms with Gasteiger partial charge in [0.2, 0.25) is 11.6 Å². The van der Waals surface area contributed by atoms with E-state index in [9.17, 15) is 4.79 Å². The Morgan fingerprint density at radius 3 is 2.62 bits per heavy atom. The number of anilines is 1. The zero-order valence-electron chi connectivity index (χ0n) is 22.1. The summed E-state index contributed by atoms with van der Waals surface area (Å²) in [6.45, 7) is 2.88. The van der Waals surface area contributed by atoms with Gasteiger partial charge < -0.3 is 19.9 Å². The molecule has 1 amide bonds. The Kier molecular flexibility index (Phi) is 9.39. The van der Waals surface area contributed by atoms with Crippen LogP contribution in [0.2, 0.25) is 15.1 Å². The first-order valence-electron chi connectivity index (χ1n) is 12.4. The van der Waals surface area contributed by atoms with Gasteiger partial charge >= 0.3 is 0 Å². The molecule has 2 aromatic carbocycles. The van der Waals surface area contributed by atoms with Crippen LogP contribution in [0.3, 0.4) is 0 Å². The fourth-order valence-corrected chi connectivity index (χ4v) is 5.05. The van der Waals surface area contributed by atoms with Gasteiger partial charge in [-0.25, -0.2) is 10.1 Å². The van der Waals surface area contributed by atoms with Gasteiger partial charge in [-0.15, -0.1) is 5.10 Å². The van der Waals surface area contributed by atoms with Crippen LogP contribution in [0.4, 0.5) is 5.82 Å². The fourth-order valence-electron chi connectivity index (χ4n) is 4.13. The van der Waals surface area contributed by atoms with Gasteiger partial charge in [0.05, 0.1) is 42.3 Å². The summed E-state index contributed by atoms with van der Waals surface area (Å²) in [5.74, 6) is 0.416. The molecule has 1 fully saturated rings. The van der Waals surface area contributed by atoms with E-state index in [1.165, 1.54) is 23.0 Å². The molecule has 14 nitrogen and oxygen atoms in total. The van der Waals surface area contributed by atoms with Crippen LogP contribution in [0.25, 0.3) is 5.82 Å². The van der Waals surface area contributed by atoms with Crippen molar-refractivity contribution < 1.29 is 23.6 Å². The molecule has 17 heteroatoms. The van der Waals surface area contributed by atoms with Gasteiger partial charge in [-0.2, -0.15) is 9.78 Å². The molecule has 3 heterocycles. The van der Waals surface area contributed by atoms with E-state index in [4.69, 9.17) is 59.4 Å². The van der Waals surface area contributed by atoms with Gasteiger partial charge in [-0.1, -0.05) is 40.0 Å².